The van der Waals surface area contributed by atoms with Crippen molar-refractivity contribution in [2.75, 3.05) is 46.2 Å². The van der Waals surface area contributed by atoms with Crippen LogP contribution in [0.1, 0.15) is 0 Å². The summed E-state index contributed by atoms with van der Waals surface area (Å²) in [5.74, 6) is 0. The summed E-state index contributed by atoms with van der Waals surface area (Å²) in [5.41, 5.74) is 4.55. The van der Waals surface area contributed by atoms with Crippen LogP contribution in [-0.4, -0.2) is 323 Å². The molecule has 70 heavy (non-hydrogen) atoms. The van der Waals surface area contributed by atoms with Crippen LogP contribution in [0.2, 0.25) is 0 Å². The van der Waals surface area contributed by atoms with Gasteiger partial charge < -0.3 is 154 Å². The van der Waals surface area contributed by atoms with Crippen LogP contribution in [0.4, 0.5) is 0 Å². The molecule has 0 amide bonds. The largest absolute Gasteiger partial charge is 0.394 e. The van der Waals surface area contributed by atoms with Crippen molar-refractivity contribution >= 4 is 12.6 Å². The lowest BCUT2D eigenvalue weighted by Crippen LogP contribution is -2.69. The molecule has 0 radical (unpaired) electrons. The van der Waals surface area contributed by atoms with E-state index >= 15 is 0 Å². The Bertz CT molecular complexity index is 1610. The maximum absolute atomic E-state index is 11.7. The first-order valence-electron chi connectivity index (χ1n) is 22.4. The number of rotatable bonds is 9. The molecule has 0 spiro atoms. The molecule has 31 nitrogen and oxygen atoms in total. The highest BCUT2D eigenvalue weighted by Gasteiger charge is 2.59. The Morgan fingerprint density at radius 1 is 0.314 bits per heavy atom. The minimum atomic E-state index is -2.15. The predicted molar refractivity (Wildman–Crippen MR) is 216 cm³/mol. The van der Waals surface area contributed by atoms with Gasteiger partial charge in [-0.25, -0.2) is 0 Å². The highest BCUT2D eigenvalue weighted by molar-refractivity contribution is 7.80. The van der Waals surface area contributed by atoms with E-state index in [1.807, 2.05) is 0 Å². The van der Waals surface area contributed by atoms with Crippen molar-refractivity contribution < 1.29 is 148 Å². The van der Waals surface area contributed by atoms with Gasteiger partial charge in [-0.05, 0) is 0 Å². The average Bonchev–Trinajstić information content (AvgIpc) is 3.35. The van der Waals surface area contributed by atoms with Crippen LogP contribution < -0.4 is 5.73 Å². The summed E-state index contributed by atoms with van der Waals surface area (Å²) in [6.07, 6.45) is -57.8. The molecular weight excluding hydrogens is 982 g/mol. The summed E-state index contributed by atoms with van der Waals surface area (Å²) in [6, 6.07) is 0. The van der Waals surface area contributed by atoms with E-state index in [1.165, 1.54) is 0 Å². The fourth-order valence-corrected chi connectivity index (χ4v) is 9.45. The number of hydrogen-bond donors (Lipinski definition) is 19. The lowest BCUT2D eigenvalue weighted by Gasteiger charge is -2.51. The summed E-state index contributed by atoms with van der Waals surface area (Å²) < 4.78 is 74.9. The second-order valence-corrected chi connectivity index (χ2v) is 18.2. The number of thiol groups is 1. The number of hydrogen-bond acceptors (Lipinski definition) is 32. The van der Waals surface area contributed by atoms with E-state index in [0.29, 0.717) is 0 Å². The topological polar surface area (TPSA) is 490 Å². The minimum Gasteiger partial charge on any atom is -0.394 e. The zero-order valence-corrected chi connectivity index (χ0v) is 37.7. The standard InChI is InChI=1S/C38H65NO30S/c39-1-14(70)63-32-25(56)38-62-13(7-45)31(32)69-37-24(55)19(50)29(11(5-43)61-37)67-35-22(53)17(48)27(9(3-41)59-35)65-33-20(51)15(46)26(8(2-40)57-33)64-34-21(52)16(47)28(10(4-42)58-34)66-36-23(54)18(49)30(68-38)12(6-44)60-36/h8-38,40-56,70H,1-7,39H2/t8-,9-,10-,11-,12-,13-,14?,15?,16?,17?,18?,19?,20?,21?,22?,23?,24?,25?,26-,27-,28-,29-,30-,31?,32?,33-,34-,35-,36-,37?,38-/m1/s1. The molecule has 0 saturated carbocycles. The Labute approximate surface area is 402 Å². The van der Waals surface area contributed by atoms with Crippen molar-refractivity contribution in [3.05, 3.63) is 0 Å². The zero-order chi connectivity index (χ0) is 51.0. The van der Waals surface area contributed by atoms with Gasteiger partial charge in [0.2, 0.25) is 0 Å². The normalized spacial score (nSPS) is 53.4. The smallest absolute Gasteiger partial charge is 0.187 e. The van der Waals surface area contributed by atoms with Gasteiger partial charge in [0, 0.05) is 6.54 Å². The molecular formula is C38H65NO30S. The monoisotopic (exact) mass is 1050 g/mol. The van der Waals surface area contributed by atoms with Gasteiger partial charge in [-0.2, -0.15) is 0 Å². The fraction of sp³-hybridized carbons (Fsp3) is 1.00. The highest BCUT2D eigenvalue weighted by Crippen LogP contribution is 2.38. The van der Waals surface area contributed by atoms with E-state index < -0.39 is 229 Å². The molecule has 22 aliphatic rings. The molecule has 22 rings (SSSR count). The summed E-state index contributed by atoms with van der Waals surface area (Å²) >= 11 is 4.23. The van der Waals surface area contributed by atoms with E-state index in [-0.39, 0.29) is 6.54 Å². The second-order valence-electron chi connectivity index (χ2n) is 17.6. The van der Waals surface area contributed by atoms with Crippen LogP contribution in [0.5, 0.6) is 0 Å². The molecule has 32 heteroatoms. The summed E-state index contributed by atoms with van der Waals surface area (Å²) in [4.78, 5) is 0. The predicted octanol–water partition coefficient (Wildman–Crippen LogP) is -12.8. The Hall–Kier alpha value is -0.890. The van der Waals surface area contributed by atoms with Crippen molar-refractivity contribution in [3.63, 3.8) is 0 Å². The highest BCUT2D eigenvalue weighted by atomic mass is 32.1. The number of aliphatic hydroxyl groups is 17. The SMILES string of the molecule is NCC(S)OC1C(O)[C@@H]2O[C@H](CO)C1OC1O[C@H](CO)[C@@H](O[C@H]3O[C@H](CO)[C@@H](O[C@H]4O[C@H](CO)[C@@H](O[C@H]5O[C@H](CO)[C@@H](O[C@H]6O[C@H](CO)[C@@H](O2)C(O)C6O)C(O)C5O)C(O)C4O)C(O)C3O)C(O)C1O. The van der Waals surface area contributed by atoms with E-state index in [0.717, 1.165) is 0 Å². The molecule has 12 bridgehead atoms. The molecule has 22 saturated heterocycles. The van der Waals surface area contributed by atoms with Gasteiger partial charge >= 0.3 is 0 Å². The second kappa shape index (κ2) is 24.4. The van der Waals surface area contributed by atoms with Crippen molar-refractivity contribution in [3.8, 4) is 0 Å². The van der Waals surface area contributed by atoms with Gasteiger partial charge in [0.15, 0.2) is 37.7 Å². The first-order valence-corrected chi connectivity index (χ1v) is 22.9. The Morgan fingerprint density at radius 2 is 0.514 bits per heavy atom. The van der Waals surface area contributed by atoms with Crippen molar-refractivity contribution in [1.82, 2.24) is 0 Å². The fourth-order valence-electron chi connectivity index (χ4n) is 9.31. The molecule has 408 valence electrons. The maximum atomic E-state index is 11.7. The summed E-state index contributed by atoms with van der Waals surface area (Å²) in [5, 5.41) is 187. The molecule has 0 aromatic carbocycles. The molecule has 0 aromatic rings. The molecule has 22 aliphatic heterocycles. The van der Waals surface area contributed by atoms with Crippen LogP contribution in [-0.2, 0) is 61.6 Å². The van der Waals surface area contributed by atoms with Crippen LogP contribution in [0.25, 0.3) is 0 Å². The Kier molecular flexibility index (Phi) is 19.8. The molecule has 0 aromatic heterocycles. The Balaban J connectivity index is 1.22. The Morgan fingerprint density at radius 3 is 0.729 bits per heavy atom. The van der Waals surface area contributed by atoms with Crippen LogP contribution >= 0.6 is 12.6 Å². The summed E-state index contributed by atoms with van der Waals surface area (Å²) in [6.45, 7) is -6.26. The van der Waals surface area contributed by atoms with Crippen molar-refractivity contribution in [1.29, 1.82) is 0 Å². The molecule has 19 N–H and O–H groups in total. The number of ether oxygens (including phenoxy) is 13. The molecule has 22 fully saturated rings. The third kappa shape index (κ3) is 11.3. The quantitative estimate of drug-likeness (QED) is 0.0753. The van der Waals surface area contributed by atoms with E-state index in [1.54, 1.807) is 0 Å². The van der Waals surface area contributed by atoms with Gasteiger partial charge in [-0.1, -0.05) is 0 Å². The lowest BCUT2D eigenvalue weighted by atomic mass is 9.94. The van der Waals surface area contributed by atoms with Gasteiger partial charge in [0.25, 0.3) is 0 Å². The average molecular weight is 1050 g/mol. The third-order valence-corrected chi connectivity index (χ3v) is 13.5. The maximum Gasteiger partial charge on any atom is 0.187 e. The molecule has 22 heterocycles. The van der Waals surface area contributed by atoms with Crippen LogP contribution in [0.3, 0.4) is 0 Å². The van der Waals surface area contributed by atoms with E-state index in [9.17, 15) is 86.8 Å². The van der Waals surface area contributed by atoms with Gasteiger partial charge in [-0.3, -0.25) is 0 Å². The van der Waals surface area contributed by atoms with E-state index in [4.69, 9.17) is 67.3 Å². The van der Waals surface area contributed by atoms with Crippen molar-refractivity contribution in [2.45, 2.75) is 190 Å². The first kappa shape index (κ1) is 56.8. The van der Waals surface area contributed by atoms with Crippen molar-refractivity contribution in [2.24, 2.45) is 5.73 Å². The molecule has 15 unspecified atom stereocenters. The molecule has 31 atom stereocenters. The van der Waals surface area contributed by atoms with Gasteiger partial charge in [0.05, 0.1) is 39.6 Å². The third-order valence-electron chi connectivity index (χ3n) is 13.2. The van der Waals surface area contributed by atoms with Crippen LogP contribution in [0.15, 0.2) is 0 Å². The van der Waals surface area contributed by atoms with Gasteiger partial charge in [-0.15, -0.1) is 12.6 Å². The van der Waals surface area contributed by atoms with Gasteiger partial charge in [0.1, 0.15) is 152 Å². The van der Waals surface area contributed by atoms with E-state index in [2.05, 4.69) is 12.6 Å². The van der Waals surface area contributed by atoms with Crippen LogP contribution in [0, 0.1) is 0 Å². The number of aliphatic hydroxyl groups excluding tert-OH is 17. The zero-order valence-electron chi connectivity index (χ0n) is 36.8. The summed E-state index contributed by atoms with van der Waals surface area (Å²) in [7, 11) is 0. The minimum absolute atomic E-state index is 0.294. The lowest BCUT2D eigenvalue weighted by molar-refractivity contribution is -0.405. The number of nitrogens with two attached hydrogens (primary N) is 1. The molecule has 0 aliphatic carbocycles. The first-order chi connectivity index (χ1) is 33.4.